The minimum absolute atomic E-state index is 0.0160. The lowest BCUT2D eigenvalue weighted by Gasteiger charge is -2.22. The SMILES string of the molecule is CN(C)C1CCN(c2ccc(NC(O)c3ccc(NC(=O)C4CCCC4)cc3F)cc2)C1. The number of hydrogen-bond donors (Lipinski definition) is 3. The molecule has 1 aliphatic carbocycles. The molecule has 0 radical (unpaired) electrons. The molecule has 1 saturated carbocycles. The lowest BCUT2D eigenvalue weighted by molar-refractivity contribution is -0.119. The molecular weight excluding hydrogens is 407 g/mol. The van der Waals surface area contributed by atoms with Gasteiger partial charge in [0.15, 0.2) is 6.23 Å². The highest BCUT2D eigenvalue weighted by Gasteiger charge is 2.25. The zero-order chi connectivity index (χ0) is 22.7. The second-order valence-electron chi connectivity index (χ2n) is 9.15. The molecule has 3 N–H and O–H groups in total. The van der Waals surface area contributed by atoms with Crippen LogP contribution in [0.5, 0.6) is 0 Å². The predicted molar refractivity (Wildman–Crippen MR) is 126 cm³/mol. The Kier molecular flexibility index (Phi) is 6.96. The molecule has 2 aromatic carbocycles. The number of aliphatic hydroxyl groups is 1. The van der Waals surface area contributed by atoms with Crippen molar-refractivity contribution >= 4 is 23.0 Å². The molecule has 2 atom stereocenters. The molecule has 4 rings (SSSR count). The average Bonchev–Trinajstić information content (AvgIpc) is 3.47. The van der Waals surface area contributed by atoms with Crippen LogP contribution in [0.3, 0.4) is 0 Å². The van der Waals surface area contributed by atoms with Gasteiger partial charge in [0.25, 0.3) is 0 Å². The molecule has 6 nitrogen and oxygen atoms in total. The molecule has 2 aromatic rings. The molecular formula is C25H33FN4O2. The van der Waals surface area contributed by atoms with Gasteiger partial charge in [0.05, 0.1) is 0 Å². The smallest absolute Gasteiger partial charge is 0.227 e. The molecule has 0 spiro atoms. The summed E-state index contributed by atoms with van der Waals surface area (Å²) in [5.74, 6) is -0.594. The van der Waals surface area contributed by atoms with Gasteiger partial charge in [-0.25, -0.2) is 4.39 Å². The van der Waals surface area contributed by atoms with Gasteiger partial charge in [0.1, 0.15) is 5.82 Å². The minimum atomic E-state index is -1.19. The van der Waals surface area contributed by atoms with E-state index in [1.807, 2.05) is 24.3 Å². The van der Waals surface area contributed by atoms with Gasteiger partial charge in [-0.05, 0) is 75.8 Å². The molecule has 2 unspecified atom stereocenters. The average molecular weight is 441 g/mol. The highest BCUT2D eigenvalue weighted by Crippen LogP contribution is 2.28. The van der Waals surface area contributed by atoms with Crippen molar-refractivity contribution in [1.82, 2.24) is 4.90 Å². The minimum Gasteiger partial charge on any atom is -0.370 e. The van der Waals surface area contributed by atoms with Crippen LogP contribution in [0, 0.1) is 11.7 Å². The highest BCUT2D eigenvalue weighted by molar-refractivity contribution is 5.92. The number of aliphatic hydroxyl groups excluding tert-OH is 1. The number of nitrogens with one attached hydrogen (secondary N) is 2. The quantitative estimate of drug-likeness (QED) is 0.563. The summed E-state index contributed by atoms with van der Waals surface area (Å²) in [6, 6.07) is 12.8. The van der Waals surface area contributed by atoms with Gasteiger partial charge in [0.2, 0.25) is 5.91 Å². The van der Waals surface area contributed by atoms with Gasteiger partial charge in [-0.3, -0.25) is 4.79 Å². The Morgan fingerprint density at radius 3 is 2.41 bits per heavy atom. The number of hydrogen-bond acceptors (Lipinski definition) is 5. The van der Waals surface area contributed by atoms with E-state index in [0.29, 0.717) is 17.4 Å². The number of amides is 1. The number of halogens is 1. The fraction of sp³-hybridized carbons (Fsp3) is 0.480. The molecule has 172 valence electrons. The second-order valence-corrected chi connectivity index (χ2v) is 9.15. The Morgan fingerprint density at radius 2 is 1.78 bits per heavy atom. The van der Waals surface area contributed by atoms with Crippen molar-refractivity contribution in [3.05, 3.63) is 53.8 Å². The molecule has 1 aliphatic heterocycles. The van der Waals surface area contributed by atoms with Crippen LogP contribution in [0.15, 0.2) is 42.5 Å². The fourth-order valence-corrected chi connectivity index (χ4v) is 4.66. The Hall–Kier alpha value is -2.64. The van der Waals surface area contributed by atoms with Crippen LogP contribution in [-0.4, -0.2) is 49.1 Å². The van der Waals surface area contributed by atoms with Gasteiger partial charge >= 0.3 is 0 Å². The highest BCUT2D eigenvalue weighted by atomic mass is 19.1. The number of rotatable bonds is 7. The molecule has 1 amide bonds. The van der Waals surface area contributed by atoms with E-state index in [2.05, 4.69) is 34.5 Å². The first-order valence-electron chi connectivity index (χ1n) is 11.5. The number of anilines is 3. The fourth-order valence-electron chi connectivity index (χ4n) is 4.66. The van der Waals surface area contributed by atoms with Crippen LogP contribution in [0.2, 0.25) is 0 Å². The first kappa shape index (κ1) is 22.6. The molecule has 1 heterocycles. The predicted octanol–water partition coefficient (Wildman–Crippen LogP) is 4.20. The number of benzene rings is 2. The first-order valence-corrected chi connectivity index (χ1v) is 11.5. The van der Waals surface area contributed by atoms with Gasteiger partial charge in [-0.2, -0.15) is 0 Å². The van der Waals surface area contributed by atoms with E-state index in [0.717, 1.165) is 50.9 Å². The third-order valence-corrected chi connectivity index (χ3v) is 6.72. The maximum absolute atomic E-state index is 14.6. The number of nitrogens with zero attached hydrogens (tertiary/aromatic N) is 2. The first-order chi connectivity index (χ1) is 15.4. The van der Waals surface area contributed by atoms with E-state index < -0.39 is 12.0 Å². The number of likely N-dealkylation sites (N-methyl/N-ethyl adjacent to an activating group) is 1. The summed E-state index contributed by atoms with van der Waals surface area (Å²) in [6.07, 6.45) is 3.87. The third kappa shape index (κ3) is 5.22. The standard InChI is InChI=1S/C25H33FN4O2/c1-29(2)21-13-14-30(16-21)20-10-7-18(8-11-20)27-25(32)22-12-9-19(15-23(22)26)28-24(31)17-5-3-4-6-17/h7-12,15,17,21,25,27,32H,3-6,13-14,16H2,1-2H3,(H,28,31). The van der Waals surface area contributed by atoms with Crippen molar-refractivity contribution in [2.24, 2.45) is 5.92 Å². The zero-order valence-corrected chi connectivity index (χ0v) is 18.9. The Morgan fingerprint density at radius 1 is 1.09 bits per heavy atom. The molecule has 2 aliphatic rings. The van der Waals surface area contributed by atoms with Crippen molar-refractivity contribution in [2.45, 2.75) is 44.4 Å². The van der Waals surface area contributed by atoms with Gasteiger partial charge in [0, 0.05) is 47.7 Å². The summed E-state index contributed by atoms with van der Waals surface area (Å²) in [5.41, 5.74) is 2.41. The van der Waals surface area contributed by atoms with Crippen LogP contribution < -0.4 is 15.5 Å². The summed E-state index contributed by atoms with van der Waals surface area (Å²) in [7, 11) is 4.22. The lowest BCUT2D eigenvalue weighted by Crippen LogP contribution is -2.31. The summed E-state index contributed by atoms with van der Waals surface area (Å²) in [4.78, 5) is 16.9. The second kappa shape index (κ2) is 9.88. The van der Waals surface area contributed by atoms with E-state index in [9.17, 15) is 14.3 Å². The number of carbonyl (C=O) groups excluding carboxylic acids is 1. The van der Waals surface area contributed by atoms with Crippen molar-refractivity contribution < 1.29 is 14.3 Å². The van der Waals surface area contributed by atoms with E-state index in [1.165, 1.54) is 12.1 Å². The van der Waals surface area contributed by atoms with Crippen LogP contribution in [0.25, 0.3) is 0 Å². The van der Waals surface area contributed by atoms with Crippen LogP contribution >= 0.6 is 0 Å². The largest absolute Gasteiger partial charge is 0.370 e. The summed E-state index contributed by atoms with van der Waals surface area (Å²) >= 11 is 0. The molecule has 0 bridgehead atoms. The topological polar surface area (TPSA) is 67.8 Å². The Bertz CT molecular complexity index is 928. The maximum Gasteiger partial charge on any atom is 0.227 e. The normalized spacial score (nSPS) is 20.0. The van der Waals surface area contributed by atoms with Crippen molar-refractivity contribution in [3.8, 4) is 0 Å². The van der Waals surface area contributed by atoms with Crippen LogP contribution in [0.1, 0.15) is 43.9 Å². The lowest BCUT2D eigenvalue weighted by atomic mass is 10.1. The molecule has 2 fully saturated rings. The van der Waals surface area contributed by atoms with Crippen molar-refractivity contribution in [2.75, 3.05) is 42.7 Å². The molecule has 0 aromatic heterocycles. The Balaban J connectivity index is 1.35. The zero-order valence-electron chi connectivity index (χ0n) is 18.9. The van der Waals surface area contributed by atoms with E-state index in [-0.39, 0.29) is 17.4 Å². The summed E-state index contributed by atoms with van der Waals surface area (Å²) in [6.45, 7) is 2.02. The van der Waals surface area contributed by atoms with Crippen molar-refractivity contribution in [1.29, 1.82) is 0 Å². The summed E-state index contributed by atoms with van der Waals surface area (Å²) < 4.78 is 14.6. The van der Waals surface area contributed by atoms with Crippen LogP contribution in [0.4, 0.5) is 21.5 Å². The molecule has 32 heavy (non-hydrogen) atoms. The van der Waals surface area contributed by atoms with Gasteiger partial charge in [-0.15, -0.1) is 0 Å². The van der Waals surface area contributed by atoms with E-state index in [4.69, 9.17) is 0 Å². The van der Waals surface area contributed by atoms with E-state index in [1.54, 1.807) is 6.07 Å². The molecule has 1 saturated heterocycles. The third-order valence-electron chi connectivity index (χ3n) is 6.72. The van der Waals surface area contributed by atoms with Crippen molar-refractivity contribution in [3.63, 3.8) is 0 Å². The monoisotopic (exact) mass is 440 g/mol. The Labute approximate surface area is 189 Å². The van der Waals surface area contributed by atoms with E-state index >= 15 is 0 Å². The maximum atomic E-state index is 14.6. The van der Waals surface area contributed by atoms with Gasteiger partial charge < -0.3 is 25.5 Å². The number of carbonyl (C=O) groups is 1. The molecule has 7 heteroatoms. The van der Waals surface area contributed by atoms with Gasteiger partial charge in [-0.1, -0.05) is 12.8 Å². The summed E-state index contributed by atoms with van der Waals surface area (Å²) in [5, 5.41) is 16.3. The van der Waals surface area contributed by atoms with Crippen LogP contribution in [-0.2, 0) is 4.79 Å².